The number of aromatic nitrogens is 2. The number of methoxy groups -OCH3 is 1. The number of ether oxygens (including phenoxy) is 2. The summed E-state index contributed by atoms with van der Waals surface area (Å²) in [5.74, 6) is 0.401. The van der Waals surface area contributed by atoms with E-state index in [0.29, 0.717) is 34.1 Å². The number of carbonyl (C=O) groups is 3. The van der Waals surface area contributed by atoms with E-state index >= 15 is 0 Å². The van der Waals surface area contributed by atoms with Gasteiger partial charge in [0.2, 0.25) is 0 Å². The lowest BCUT2D eigenvalue weighted by atomic mass is 10.2. The van der Waals surface area contributed by atoms with Crippen molar-refractivity contribution in [1.82, 2.24) is 20.0 Å². The smallest absolute Gasteiger partial charge is 0.293 e. The van der Waals surface area contributed by atoms with E-state index in [0.717, 1.165) is 22.3 Å². The average Bonchev–Trinajstić information content (AvgIpc) is 3.47. The minimum atomic E-state index is -0.404. The summed E-state index contributed by atoms with van der Waals surface area (Å²) in [6, 6.07) is 14.7. The number of thioether (sulfide) groups is 1. The Kier molecular flexibility index (Phi) is 7.51. The van der Waals surface area contributed by atoms with Crippen LogP contribution < -0.4 is 14.8 Å². The number of hydrogen-bond acceptors (Lipinski definition) is 7. The Morgan fingerprint density at radius 2 is 1.94 bits per heavy atom. The van der Waals surface area contributed by atoms with Gasteiger partial charge < -0.3 is 14.8 Å². The summed E-state index contributed by atoms with van der Waals surface area (Å²) in [6.45, 7) is 2.56. The molecule has 1 aliphatic heterocycles. The van der Waals surface area contributed by atoms with Gasteiger partial charge >= 0.3 is 0 Å². The number of carbonyl (C=O) groups excluding carboxylic acids is 3. The van der Waals surface area contributed by atoms with Gasteiger partial charge in [-0.1, -0.05) is 24.3 Å². The van der Waals surface area contributed by atoms with E-state index in [4.69, 9.17) is 9.47 Å². The fourth-order valence-electron chi connectivity index (χ4n) is 3.44. The highest BCUT2D eigenvalue weighted by Crippen LogP contribution is 2.34. The van der Waals surface area contributed by atoms with Crippen molar-refractivity contribution in [3.05, 3.63) is 77.0 Å². The van der Waals surface area contributed by atoms with Gasteiger partial charge in [-0.3, -0.25) is 19.3 Å². The first-order valence-electron chi connectivity index (χ1n) is 10.9. The van der Waals surface area contributed by atoms with Gasteiger partial charge in [0.1, 0.15) is 0 Å². The van der Waals surface area contributed by atoms with Crippen LogP contribution in [-0.2, 0) is 4.79 Å². The Balaban J connectivity index is 1.35. The topological polar surface area (TPSA) is 103 Å². The predicted molar refractivity (Wildman–Crippen MR) is 133 cm³/mol. The maximum absolute atomic E-state index is 12.8. The van der Waals surface area contributed by atoms with Crippen LogP contribution in [0.3, 0.4) is 0 Å². The van der Waals surface area contributed by atoms with E-state index in [-0.39, 0.29) is 24.2 Å². The number of benzene rings is 2. The molecule has 1 saturated heterocycles. The zero-order chi connectivity index (χ0) is 24.8. The van der Waals surface area contributed by atoms with E-state index in [1.807, 2.05) is 37.3 Å². The van der Waals surface area contributed by atoms with Crippen LogP contribution in [0.15, 0.2) is 65.8 Å². The van der Waals surface area contributed by atoms with Crippen LogP contribution in [0.25, 0.3) is 11.8 Å². The van der Waals surface area contributed by atoms with Gasteiger partial charge in [0.15, 0.2) is 11.5 Å². The summed E-state index contributed by atoms with van der Waals surface area (Å²) in [7, 11) is 1.54. The van der Waals surface area contributed by atoms with Gasteiger partial charge in [-0.05, 0) is 54.6 Å². The lowest BCUT2D eigenvalue weighted by molar-refractivity contribution is -0.122. The van der Waals surface area contributed by atoms with Gasteiger partial charge in [-0.15, -0.1) is 0 Å². The van der Waals surface area contributed by atoms with Gasteiger partial charge in [0, 0.05) is 19.3 Å². The Morgan fingerprint density at radius 3 is 2.69 bits per heavy atom. The molecule has 1 N–H and O–H groups in total. The predicted octanol–water partition coefficient (Wildman–Crippen LogP) is 3.75. The molecule has 2 aromatic carbocycles. The quantitative estimate of drug-likeness (QED) is 0.454. The molecular weight excluding hydrogens is 468 g/mol. The van der Waals surface area contributed by atoms with Gasteiger partial charge in [-0.2, -0.15) is 5.10 Å². The highest BCUT2D eigenvalue weighted by molar-refractivity contribution is 8.18. The maximum atomic E-state index is 12.8. The lowest BCUT2D eigenvalue weighted by Crippen LogP contribution is -2.37. The minimum absolute atomic E-state index is 0.0627. The Morgan fingerprint density at radius 1 is 1.14 bits per heavy atom. The molecule has 1 fully saturated rings. The van der Waals surface area contributed by atoms with Crippen LogP contribution in [-0.4, -0.2) is 58.5 Å². The summed E-state index contributed by atoms with van der Waals surface area (Å²) < 4.78 is 12.5. The van der Waals surface area contributed by atoms with Crippen molar-refractivity contribution in [2.45, 2.75) is 6.92 Å². The summed E-state index contributed by atoms with van der Waals surface area (Å²) >= 11 is 0.861. The molecule has 0 saturated carbocycles. The van der Waals surface area contributed by atoms with Gasteiger partial charge in [0.05, 0.1) is 36.1 Å². The van der Waals surface area contributed by atoms with E-state index in [2.05, 4.69) is 10.4 Å². The molecule has 3 amide bonds. The van der Waals surface area contributed by atoms with Crippen molar-refractivity contribution < 1.29 is 23.9 Å². The lowest BCUT2D eigenvalue weighted by Gasteiger charge is -2.12. The molecule has 35 heavy (non-hydrogen) atoms. The average molecular weight is 493 g/mol. The van der Waals surface area contributed by atoms with E-state index < -0.39 is 5.91 Å². The molecule has 4 rings (SSSR count). The van der Waals surface area contributed by atoms with E-state index in [9.17, 15) is 14.4 Å². The first-order chi connectivity index (χ1) is 17.0. The molecule has 10 heteroatoms. The Bertz CT molecular complexity index is 1270. The third-order valence-corrected chi connectivity index (χ3v) is 6.05. The number of imide groups is 1. The van der Waals surface area contributed by atoms with Crippen LogP contribution >= 0.6 is 11.8 Å². The van der Waals surface area contributed by atoms with E-state index in [1.54, 1.807) is 35.2 Å². The standard InChI is InChI=1S/C25H24N4O5S/c1-3-34-20-10-9-17(13-21(20)33-2)14-22-24(31)28(25(32)35-22)12-11-26-23(30)18-15-27-29(16-18)19-7-5-4-6-8-19/h4-10,13-16H,3,11-12H2,1-2H3,(H,26,30)/b22-14-. The van der Waals surface area contributed by atoms with Gasteiger partial charge in [0.25, 0.3) is 17.1 Å². The molecule has 2 heterocycles. The summed E-state index contributed by atoms with van der Waals surface area (Å²) in [6.07, 6.45) is 4.73. The summed E-state index contributed by atoms with van der Waals surface area (Å²) in [5.41, 5.74) is 1.92. The molecule has 1 aromatic heterocycles. The first kappa shape index (κ1) is 24.1. The third-order valence-electron chi connectivity index (χ3n) is 5.15. The summed E-state index contributed by atoms with van der Waals surface area (Å²) in [4.78, 5) is 39.1. The van der Waals surface area contributed by atoms with Crippen LogP contribution in [0, 0.1) is 0 Å². The molecule has 180 valence electrons. The zero-order valence-corrected chi connectivity index (χ0v) is 20.1. The first-order valence-corrected chi connectivity index (χ1v) is 11.8. The second kappa shape index (κ2) is 10.9. The van der Waals surface area contributed by atoms with Gasteiger partial charge in [-0.25, -0.2) is 4.68 Å². The number of rotatable bonds is 9. The Hall–Kier alpha value is -4.05. The SMILES string of the molecule is CCOc1ccc(/C=C2\SC(=O)N(CCNC(=O)c3cnn(-c4ccccc4)c3)C2=O)cc1OC. The highest BCUT2D eigenvalue weighted by atomic mass is 32.2. The van der Waals surface area contributed by atoms with Crippen LogP contribution in [0.4, 0.5) is 4.79 Å². The van der Waals surface area contributed by atoms with E-state index in [1.165, 1.54) is 13.3 Å². The normalized spacial score (nSPS) is 14.5. The van der Waals surface area contributed by atoms with Crippen molar-refractivity contribution in [2.24, 2.45) is 0 Å². The molecule has 0 bridgehead atoms. The van der Waals surface area contributed by atoms with Crippen molar-refractivity contribution in [3.63, 3.8) is 0 Å². The number of hydrogen-bond donors (Lipinski definition) is 1. The zero-order valence-electron chi connectivity index (χ0n) is 19.3. The fourth-order valence-corrected chi connectivity index (χ4v) is 4.30. The van der Waals surface area contributed by atoms with Crippen molar-refractivity contribution in [3.8, 4) is 17.2 Å². The Labute approximate surface area is 206 Å². The molecule has 1 aliphatic rings. The minimum Gasteiger partial charge on any atom is -0.493 e. The molecule has 9 nitrogen and oxygen atoms in total. The maximum Gasteiger partial charge on any atom is 0.293 e. The number of nitrogens with zero attached hydrogens (tertiary/aromatic N) is 3. The number of nitrogens with one attached hydrogen (secondary N) is 1. The monoisotopic (exact) mass is 492 g/mol. The molecule has 0 spiro atoms. The van der Waals surface area contributed by atoms with Crippen LogP contribution in [0.5, 0.6) is 11.5 Å². The molecule has 3 aromatic rings. The molecule has 0 aliphatic carbocycles. The largest absolute Gasteiger partial charge is 0.493 e. The highest BCUT2D eigenvalue weighted by Gasteiger charge is 2.34. The second-order valence-corrected chi connectivity index (χ2v) is 8.43. The van der Waals surface area contributed by atoms with Crippen molar-refractivity contribution in [1.29, 1.82) is 0 Å². The summed E-state index contributed by atoms with van der Waals surface area (Å²) in [5, 5.41) is 6.55. The van der Waals surface area contributed by atoms with Crippen molar-refractivity contribution >= 4 is 34.9 Å². The molecule has 0 unspecified atom stereocenters. The van der Waals surface area contributed by atoms with Crippen LogP contribution in [0.2, 0.25) is 0 Å². The van der Waals surface area contributed by atoms with Crippen LogP contribution in [0.1, 0.15) is 22.8 Å². The molecular formula is C25H24N4O5S. The third kappa shape index (κ3) is 5.55. The number of para-hydroxylation sites is 1. The number of amides is 3. The fraction of sp³-hybridized carbons (Fsp3) is 0.200. The molecule has 0 radical (unpaired) electrons. The van der Waals surface area contributed by atoms with Crippen molar-refractivity contribution in [2.75, 3.05) is 26.8 Å². The molecule has 0 atom stereocenters. The second-order valence-electron chi connectivity index (χ2n) is 7.44.